The highest BCUT2D eigenvalue weighted by Crippen LogP contribution is 2.17. The van der Waals surface area contributed by atoms with Gasteiger partial charge in [0.15, 0.2) is 0 Å². The van der Waals surface area contributed by atoms with Crippen molar-refractivity contribution in [1.29, 1.82) is 0 Å². The number of nitrogens with one attached hydrogen (secondary N) is 1. The van der Waals surface area contributed by atoms with Gasteiger partial charge in [-0.25, -0.2) is 0 Å². The van der Waals surface area contributed by atoms with E-state index in [0.717, 1.165) is 6.42 Å². The number of anilines is 1. The van der Waals surface area contributed by atoms with Crippen LogP contribution >= 0.6 is 0 Å². The Morgan fingerprint density at radius 2 is 2.21 bits per heavy atom. The van der Waals surface area contributed by atoms with Gasteiger partial charge in [-0.1, -0.05) is 32.4 Å². The molecule has 19 heavy (non-hydrogen) atoms. The fraction of sp³-hybridized carbons (Fsp3) is 0.500. The summed E-state index contributed by atoms with van der Waals surface area (Å²) in [5.74, 6) is -0.319. The van der Waals surface area contributed by atoms with Crippen LogP contribution in [-0.2, 0) is 9.53 Å². The highest BCUT2D eigenvalue weighted by atomic mass is 16.5. The van der Waals surface area contributed by atoms with Crippen LogP contribution in [0.2, 0.25) is 0 Å². The number of aliphatic hydroxyl groups excluding tert-OH is 1. The molecular formula is C14H22N2O3. The van der Waals surface area contributed by atoms with Gasteiger partial charge in [-0.2, -0.15) is 0 Å². The number of methoxy groups -OCH3 is 1. The van der Waals surface area contributed by atoms with Crippen LogP contribution in [0.25, 0.3) is 0 Å². The zero-order valence-corrected chi connectivity index (χ0v) is 11.6. The largest absolute Gasteiger partial charge is 0.468 e. The summed E-state index contributed by atoms with van der Waals surface area (Å²) in [5, 5.41) is 13.0. The molecule has 0 saturated heterocycles. The fourth-order valence-corrected chi connectivity index (χ4v) is 1.82. The van der Waals surface area contributed by atoms with Crippen LogP contribution in [-0.4, -0.2) is 24.2 Å². The van der Waals surface area contributed by atoms with Crippen molar-refractivity contribution in [2.24, 2.45) is 5.92 Å². The molecule has 0 radical (unpaired) electrons. The molecule has 0 bridgehead atoms. The molecule has 0 saturated carbocycles. The van der Waals surface area contributed by atoms with E-state index < -0.39 is 12.3 Å². The first-order chi connectivity index (χ1) is 8.99. The monoisotopic (exact) mass is 266 g/mol. The first-order valence-corrected chi connectivity index (χ1v) is 6.37. The molecule has 3 atom stereocenters. The molecule has 0 aromatic heterocycles. The summed E-state index contributed by atoms with van der Waals surface area (Å²) in [6.07, 6.45) is -0.155. The zero-order valence-electron chi connectivity index (χ0n) is 11.6. The van der Waals surface area contributed by atoms with E-state index in [2.05, 4.69) is 5.32 Å². The predicted molar refractivity (Wildman–Crippen MR) is 74.2 cm³/mol. The Morgan fingerprint density at radius 1 is 1.53 bits per heavy atom. The van der Waals surface area contributed by atoms with E-state index in [1.165, 1.54) is 7.11 Å². The molecule has 5 heteroatoms. The van der Waals surface area contributed by atoms with E-state index in [1.807, 2.05) is 13.8 Å². The van der Waals surface area contributed by atoms with E-state index in [4.69, 9.17) is 10.5 Å². The highest BCUT2D eigenvalue weighted by molar-refractivity contribution is 5.76. The van der Waals surface area contributed by atoms with E-state index in [1.54, 1.807) is 24.3 Å². The predicted octanol–water partition coefficient (Wildman–Crippen LogP) is 1.44. The first-order valence-electron chi connectivity index (χ1n) is 6.37. The van der Waals surface area contributed by atoms with Gasteiger partial charge in [0.2, 0.25) is 0 Å². The van der Waals surface area contributed by atoms with Crippen LogP contribution in [0.3, 0.4) is 0 Å². The molecular weight excluding hydrogens is 244 g/mol. The van der Waals surface area contributed by atoms with Crippen LogP contribution in [0.1, 0.15) is 32.1 Å². The molecule has 4 N–H and O–H groups in total. The van der Waals surface area contributed by atoms with Crippen molar-refractivity contribution in [2.75, 3.05) is 12.8 Å². The topological polar surface area (TPSA) is 84.6 Å². The van der Waals surface area contributed by atoms with Gasteiger partial charge in [0.05, 0.1) is 7.11 Å². The molecule has 0 heterocycles. The van der Waals surface area contributed by atoms with Gasteiger partial charge < -0.3 is 15.6 Å². The summed E-state index contributed by atoms with van der Waals surface area (Å²) in [7, 11) is 1.34. The summed E-state index contributed by atoms with van der Waals surface area (Å²) in [6.45, 7) is 3.91. The van der Waals surface area contributed by atoms with Gasteiger partial charge in [0.25, 0.3) is 0 Å². The number of carbonyl (C=O) groups is 1. The molecule has 106 valence electrons. The quantitative estimate of drug-likeness (QED) is 0.412. The summed E-state index contributed by atoms with van der Waals surface area (Å²) in [5.41, 5.74) is 6.86. The van der Waals surface area contributed by atoms with Crippen molar-refractivity contribution in [2.45, 2.75) is 32.5 Å². The fourth-order valence-electron chi connectivity index (χ4n) is 1.82. The SMILES string of the molecule is CCC(C)[C@H](NC(O)c1cccc(N)c1)C(=O)OC. The van der Waals surface area contributed by atoms with Crippen LogP contribution in [0.15, 0.2) is 24.3 Å². The highest BCUT2D eigenvalue weighted by Gasteiger charge is 2.27. The Morgan fingerprint density at radius 3 is 2.74 bits per heavy atom. The maximum absolute atomic E-state index is 11.7. The minimum Gasteiger partial charge on any atom is -0.468 e. The third kappa shape index (κ3) is 4.22. The molecule has 0 fully saturated rings. The Labute approximate surface area is 113 Å². The average Bonchev–Trinajstić information content (AvgIpc) is 2.42. The first kappa shape index (κ1) is 15.5. The van der Waals surface area contributed by atoms with Crippen molar-refractivity contribution >= 4 is 11.7 Å². The molecule has 2 unspecified atom stereocenters. The minimum absolute atomic E-state index is 0.0585. The lowest BCUT2D eigenvalue weighted by atomic mass is 9.98. The van der Waals surface area contributed by atoms with E-state index in [-0.39, 0.29) is 11.9 Å². The average molecular weight is 266 g/mol. The lowest BCUT2D eigenvalue weighted by molar-refractivity contribution is -0.145. The number of carbonyl (C=O) groups excluding carboxylic acids is 1. The van der Waals surface area contributed by atoms with E-state index in [0.29, 0.717) is 11.3 Å². The lowest BCUT2D eigenvalue weighted by Gasteiger charge is -2.25. The smallest absolute Gasteiger partial charge is 0.323 e. The molecule has 1 aromatic rings. The number of aliphatic hydroxyl groups is 1. The second-order valence-electron chi connectivity index (χ2n) is 4.63. The Hall–Kier alpha value is -1.59. The van der Waals surface area contributed by atoms with Crippen LogP contribution in [0.4, 0.5) is 5.69 Å². The number of benzene rings is 1. The van der Waals surface area contributed by atoms with Crippen molar-refractivity contribution in [3.8, 4) is 0 Å². The molecule has 0 amide bonds. The number of hydrogen-bond donors (Lipinski definition) is 3. The number of nitrogens with two attached hydrogens (primary N) is 1. The summed E-state index contributed by atoms with van der Waals surface area (Å²) in [6, 6.07) is 6.36. The standard InChI is InChI=1S/C14H22N2O3/c1-4-9(2)12(14(18)19-3)16-13(17)10-6-5-7-11(15)8-10/h5-9,12-13,16-17H,4,15H2,1-3H3/t9?,12-,13?/m0/s1. The Bertz CT molecular complexity index is 423. The van der Waals surface area contributed by atoms with Gasteiger partial charge >= 0.3 is 5.97 Å². The third-order valence-corrected chi connectivity index (χ3v) is 3.23. The second-order valence-corrected chi connectivity index (χ2v) is 4.63. The molecule has 0 aliphatic heterocycles. The maximum atomic E-state index is 11.7. The summed E-state index contributed by atoms with van der Waals surface area (Å²) < 4.78 is 4.76. The summed E-state index contributed by atoms with van der Waals surface area (Å²) >= 11 is 0. The van der Waals surface area contributed by atoms with Gasteiger partial charge in [-0.15, -0.1) is 0 Å². The maximum Gasteiger partial charge on any atom is 0.323 e. The number of ether oxygens (including phenoxy) is 1. The van der Waals surface area contributed by atoms with Crippen molar-refractivity contribution in [3.05, 3.63) is 29.8 Å². The molecule has 0 spiro atoms. The molecule has 1 rings (SSSR count). The number of nitrogen functional groups attached to an aromatic ring is 1. The Kier molecular flexibility index (Phi) is 5.79. The molecule has 0 aliphatic carbocycles. The Balaban J connectivity index is 2.81. The van der Waals surface area contributed by atoms with Crippen molar-refractivity contribution in [3.63, 3.8) is 0 Å². The number of hydrogen-bond acceptors (Lipinski definition) is 5. The summed E-state index contributed by atoms with van der Waals surface area (Å²) in [4.78, 5) is 11.7. The number of esters is 1. The normalized spacial score (nSPS) is 15.6. The van der Waals surface area contributed by atoms with Crippen LogP contribution in [0, 0.1) is 5.92 Å². The molecule has 0 aliphatic rings. The van der Waals surface area contributed by atoms with E-state index >= 15 is 0 Å². The van der Waals surface area contributed by atoms with Gasteiger partial charge in [-0.05, 0) is 23.6 Å². The van der Waals surface area contributed by atoms with Crippen molar-refractivity contribution < 1.29 is 14.6 Å². The third-order valence-electron chi connectivity index (χ3n) is 3.23. The van der Waals surface area contributed by atoms with Crippen LogP contribution < -0.4 is 11.1 Å². The van der Waals surface area contributed by atoms with Gasteiger partial charge in [-0.3, -0.25) is 10.1 Å². The van der Waals surface area contributed by atoms with E-state index in [9.17, 15) is 9.90 Å². The van der Waals surface area contributed by atoms with Gasteiger partial charge in [0.1, 0.15) is 12.3 Å². The number of rotatable bonds is 6. The van der Waals surface area contributed by atoms with Gasteiger partial charge in [0, 0.05) is 5.69 Å². The minimum atomic E-state index is -0.957. The lowest BCUT2D eigenvalue weighted by Crippen LogP contribution is -2.44. The van der Waals surface area contributed by atoms with Crippen molar-refractivity contribution in [1.82, 2.24) is 5.32 Å². The second kappa shape index (κ2) is 7.11. The zero-order chi connectivity index (χ0) is 14.4. The van der Waals surface area contributed by atoms with Crippen LogP contribution in [0.5, 0.6) is 0 Å². The molecule has 5 nitrogen and oxygen atoms in total. The molecule has 1 aromatic carbocycles.